The molecule has 1 aliphatic carbocycles. The predicted molar refractivity (Wildman–Crippen MR) is 115 cm³/mol. The summed E-state index contributed by atoms with van der Waals surface area (Å²) < 4.78 is 40.1. The van der Waals surface area contributed by atoms with E-state index in [0.29, 0.717) is 61.6 Å². The number of aromatic nitrogens is 3. The molecule has 9 heteroatoms. The topological polar surface area (TPSA) is 63.6 Å². The Bertz CT molecular complexity index is 1100. The lowest BCUT2D eigenvalue weighted by molar-refractivity contribution is 0.108. The average molecular weight is 443 g/mol. The van der Waals surface area contributed by atoms with E-state index in [2.05, 4.69) is 19.8 Å². The lowest BCUT2D eigenvalue weighted by Crippen LogP contribution is -2.43. The van der Waals surface area contributed by atoms with Crippen molar-refractivity contribution in [1.29, 1.82) is 0 Å². The van der Waals surface area contributed by atoms with Gasteiger partial charge in [-0.3, -0.25) is 9.88 Å². The van der Waals surface area contributed by atoms with Crippen LogP contribution in [0.1, 0.15) is 31.4 Å². The molecule has 7 nitrogen and oxygen atoms in total. The van der Waals surface area contributed by atoms with Crippen LogP contribution in [0.4, 0.5) is 14.6 Å². The van der Waals surface area contributed by atoms with Gasteiger partial charge in [-0.2, -0.15) is 9.97 Å². The van der Waals surface area contributed by atoms with Crippen molar-refractivity contribution in [2.45, 2.75) is 44.2 Å². The van der Waals surface area contributed by atoms with Crippen molar-refractivity contribution in [2.75, 3.05) is 44.4 Å². The second-order valence-corrected chi connectivity index (χ2v) is 9.56. The minimum absolute atomic E-state index is 0.165. The minimum Gasteiger partial charge on any atom is -0.461 e. The third-order valence-electron chi connectivity index (χ3n) is 7.50. The second-order valence-electron chi connectivity index (χ2n) is 9.56. The fourth-order valence-electron chi connectivity index (χ4n) is 5.67. The molecule has 4 aliphatic rings. The zero-order valence-electron chi connectivity index (χ0n) is 18.2. The van der Waals surface area contributed by atoms with E-state index in [4.69, 9.17) is 14.5 Å². The first-order chi connectivity index (χ1) is 15.6. The van der Waals surface area contributed by atoms with Crippen molar-refractivity contribution in [3.05, 3.63) is 29.6 Å². The number of aryl methyl sites for hydroxylation is 1. The molecule has 0 amide bonds. The van der Waals surface area contributed by atoms with Gasteiger partial charge in [-0.05, 0) is 44.7 Å². The first-order valence-electron chi connectivity index (χ1n) is 11.4. The number of fused-ring (bicyclic) bond motifs is 3. The van der Waals surface area contributed by atoms with Crippen LogP contribution in [0.2, 0.25) is 0 Å². The molecule has 3 saturated heterocycles. The Hall–Kier alpha value is -2.39. The Balaban J connectivity index is 1.36. The SMILES string of the molecule is Cc1ncc2c(N3CCOC[C@H]4C[C@H]43)nc(OC[C@@]34CCCN3C/C(=C/F)C4)nc2c1F. The monoisotopic (exact) mass is 443 g/mol. The molecule has 170 valence electrons. The minimum atomic E-state index is -0.446. The van der Waals surface area contributed by atoms with Gasteiger partial charge in [0.05, 0.1) is 36.2 Å². The Labute approximate surface area is 185 Å². The molecule has 4 fully saturated rings. The molecule has 0 N–H and O–H groups in total. The molecular weight excluding hydrogens is 416 g/mol. The van der Waals surface area contributed by atoms with Gasteiger partial charge in [0.15, 0.2) is 5.82 Å². The van der Waals surface area contributed by atoms with Crippen LogP contribution in [-0.2, 0) is 4.74 Å². The number of anilines is 1. The van der Waals surface area contributed by atoms with Crippen LogP contribution in [0.15, 0.2) is 18.1 Å². The summed E-state index contributed by atoms with van der Waals surface area (Å²) in [5.74, 6) is 0.690. The predicted octanol–water partition coefficient (Wildman–Crippen LogP) is 3.17. The number of hydrogen-bond donors (Lipinski definition) is 0. The Morgan fingerprint density at radius 1 is 1.34 bits per heavy atom. The van der Waals surface area contributed by atoms with Gasteiger partial charge in [-0.15, -0.1) is 0 Å². The van der Waals surface area contributed by atoms with Crippen molar-refractivity contribution in [3.63, 3.8) is 0 Å². The summed E-state index contributed by atoms with van der Waals surface area (Å²) >= 11 is 0. The lowest BCUT2D eigenvalue weighted by Gasteiger charge is -2.31. The summed E-state index contributed by atoms with van der Waals surface area (Å²) in [4.78, 5) is 17.9. The molecule has 1 saturated carbocycles. The number of ether oxygens (including phenoxy) is 2. The number of nitrogens with zero attached hydrogens (tertiary/aromatic N) is 5. The van der Waals surface area contributed by atoms with Crippen molar-refractivity contribution >= 4 is 16.7 Å². The van der Waals surface area contributed by atoms with Crippen molar-refractivity contribution in [1.82, 2.24) is 19.9 Å². The molecule has 32 heavy (non-hydrogen) atoms. The van der Waals surface area contributed by atoms with E-state index in [1.807, 2.05) is 0 Å². The van der Waals surface area contributed by atoms with Gasteiger partial charge in [-0.25, -0.2) is 8.78 Å². The van der Waals surface area contributed by atoms with Gasteiger partial charge < -0.3 is 14.4 Å². The maximum atomic E-state index is 15.1. The zero-order chi connectivity index (χ0) is 21.9. The van der Waals surface area contributed by atoms with Crippen molar-refractivity contribution < 1.29 is 18.3 Å². The van der Waals surface area contributed by atoms with Gasteiger partial charge in [0, 0.05) is 31.2 Å². The molecule has 3 atom stereocenters. The first-order valence-corrected chi connectivity index (χ1v) is 11.4. The van der Waals surface area contributed by atoms with Gasteiger partial charge >= 0.3 is 6.01 Å². The van der Waals surface area contributed by atoms with Crippen LogP contribution < -0.4 is 9.64 Å². The average Bonchev–Trinajstić information content (AvgIpc) is 3.37. The smallest absolute Gasteiger partial charge is 0.319 e. The molecule has 2 aromatic rings. The van der Waals surface area contributed by atoms with E-state index in [9.17, 15) is 4.39 Å². The summed E-state index contributed by atoms with van der Waals surface area (Å²) in [7, 11) is 0. The molecule has 0 aromatic carbocycles. The number of hydrogen-bond acceptors (Lipinski definition) is 7. The van der Waals surface area contributed by atoms with Crippen LogP contribution in [0.3, 0.4) is 0 Å². The van der Waals surface area contributed by atoms with E-state index < -0.39 is 5.82 Å². The van der Waals surface area contributed by atoms with Crippen LogP contribution in [0, 0.1) is 18.7 Å². The number of halogens is 2. The van der Waals surface area contributed by atoms with Gasteiger partial charge in [0.2, 0.25) is 0 Å². The summed E-state index contributed by atoms with van der Waals surface area (Å²) in [6.45, 7) is 5.60. The van der Waals surface area contributed by atoms with Crippen molar-refractivity contribution in [3.8, 4) is 6.01 Å². The molecule has 0 spiro atoms. The van der Waals surface area contributed by atoms with Crippen molar-refractivity contribution in [2.24, 2.45) is 5.92 Å². The third kappa shape index (κ3) is 3.25. The third-order valence-corrected chi connectivity index (χ3v) is 7.50. The van der Waals surface area contributed by atoms with E-state index in [0.717, 1.165) is 44.3 Å². The highest BCUT2D eigenvalue weighted by molar-refractivity contribution is 5.90. The molecule has 6 rings (SSSR count). The molecule has 2 aromatic heterocycles. The summed E-state index contributed by atoms with van der Waals surface area (Å²) in [5.41, 5.74) is 1.09. The van der Waals surface area contributed by atoms with Gasteiger partial charge in [0.25, 0.3) is 0 Å². The Morgan fingerprint density at radius 2 is 2.25 bits per heavy atom. The quantitative estimate of drug-likeness (QED) is 0.719. The van der Waals surface area contributed by atoms with Gasteiger partial charge in [0.1, 0.15) is 17.9 Å². The van der Waals surface area contributed by atoms with Crippen LogP contribution in [0.5, 0.6) is 6.01 Å². The van der Waals surface area contributed by atoms with E-state index in [1.165, 1.54) is 0 Å². The zero-order valence-corrected chi connectivity index (χ0v) is 18.2. The largest absolute Gasteiger partial charge is 0.461 e. The summed E-state index contributed by atoms with van der Waals surface area (Å²) in [6, 6.07) is 0.502. The first kappa shape index (κ1) is 20.2. The van der Waals surface area contributed by atoms with E-state index >= 15 is 4.39 Å². The highest BCUT2D eigenvalue weighted by Gasteiger charge is 2.48. The molecule has 3 aliphatic heterocycles. The fraction of sp³-hybridized carbons (Fsp3) is 0.609. The molecule has 5 heterocycles. The normalized spacial score (nSPS) is 31.1. The number of rotatable bonds is 4. The van der Waals surface area contributed by atoms with E-state index in [1.54, 1.807) is 13.1 Å². The van der Waals surface area contributed by atoms with Crippen LogP contribution >= 0.6 is 0 Å². The highest BCUT2D eigenvalue weighted by Crippen LogP contribution is 2.43. The molecule has 0 bridgehead atoms. The van der Waals surface area contributed by atoms with Crippen LogP contribution in [0.25, 0.3) is 10.9 Å². The maximum absolute atomic E-state index is 15.1. The maximum Gasteiger partial charge on any atom is 0.319 e. The summed E-state index contributed by atoms with van der Waals surface area (Å²) in [5, 5.41) is 0.595. The fourth-order valence-corrected chi connectivity index (χ4v) is 5.67. The standard InChI is InChI=1S/C23H27F2N5O2/c1-14-19(25)20-17(10-26-14)21(30-5-6-31-12-16-7-18(16)30)28-22(27-20)32-13-23-3-2-4-29(23)11-15(8-23)9-24/h9-10,16,18H,2-8,11-13H2,1H3/b15-9+/t16-,18-,23+/m1/s1. The van der Waals surface area contributed by atoms with E-state index in [-0.39, 0.29) is 17.1 Å². The highest BCUT2D eigenvalue weighted by atomic mass is 19.1. The second kappa shape index (κ2) is 7.59. The Kier molecular flexibility index (Phi) is 4.80. The number of pyridine rings is 1. The molecular formula is C23H27F2N5O2. The molecule has 0 radical (unpaired) electrons. The molecule has 0 unspecified atom stereocenters. The van der Waals surface area contributed by atoms with Crippen LogP contribution in [-0.4, -0.2) is 70.9 Å². The Morgan fingerprint density at radius 3 is 3.12 bits per heavy atom. The lowest BCUT2D eigenvalue weighted by atomic mass is 9.94. The van der Waals surface area contributed by atoms with Gasteiger partial charge in [-0.1, -0.05) is 0 Å². The summed E-state index contributed by atoms with van der Waals surface area (Å²) in [6.07, 6.45) is 6.07.